The molecular formula is C13H25IN2. The first-order valence-corrected chi connectivity index (χ1v) is 7.73. The average Bonchev–Trinajstić information content (AvgIpc) is 2.76. The lowest BCUT2D eigenvalue weighted by Crippen LogP contribution is -2.28. The normalized spacial score (nSPS) is 33.0. The monoisotopic (exact) mass is 336 g/mol. The van der Waals surface area contributed by atoms with Crippen molar-refractivity contribution in [1.29, 1.82) is 0 Å². The summed E-state index contributed by atoms with van der Waals surface area (Å²) in [5.41, 5.74) is 0. The molecule has 2 aliphatic rings. The van der Waals surface area contributed by atoms with Gasteiger partial charge in [0.05, 0.1) is 0 Å². The molecule has 0 spiro atoms. The van der Waals surface area contributed by atoms with Crippen LogP contribution in [-0.2, 0) is 0 Å². The van der Waals surface area contributed by atoms with Crippen molar-refractivity contribution in [3.8, 4) is 0 Å². The van der Waals surface area contributed by atoms with Gasteiger partial charge in [0.1, 0.15) is 0 Å². The molecule has 0 aromatic heterocycles. The lowest BCUT2D eigenvalue weighted by molar-refractivity contribution is 0.269. The standard InChI is InChI=1S/C13H25IN2/c1-11(2)7-12-3-5-15(8-12)9-13-4-6-16(14)10-13/h11-13H,3-10H2,1-2H3/t12?,13-/m1/s1. The zero-order valence-electron chi connectivity index (χ0n) is 10.7. The molecule has 2 aliphatic heterocycles. The minimum atomic E-state index is 0.876. The van der Waals surface area contributed by atoms with E-state index in [1.54, 1.807) is 0 Å². The first kappa shape index (κ1) is 13.1. The van der Waals surface area contributed by atoms with Gasteiger partial charge in [0, 0.05) is 49.0 Å². The summed E-state index contributed by atoms with van der Waals surface area (Å²) in [4.78, 5) is 2.72. The van der Waals surface area contributed by atoms with Crippen LogP contribution in [-0.4, -0.2) is 40.7 Å². The van der Waals surface area contributed by atoms with Crippen molar-refractivity contribution in [2.75, 3.05) is 32.7 Å². The Morgan fingerprint density at radius 2 is 1.88 bits per heavy atom. The molecule has 2 fully saturated rings. The quantitative estimate of drug-likeness (QED) is 0.575. The number of hydrogen-bond acceptors (Lipinski definition) is 2. The Kier molecular flexibility index (Phi) is 4.91. The second-order valence-corrected chi connectivity index (χ2v) is 7.43. The summed E-state index contributed by atoms with van der Waals surface area (Å²) in [5.74, 6) is 2.80. The van der Waals surface area contributed by atoms with Crippen molar-refractivity contribution in [3.05, 3.63) is 0 Å². The zero-order valence-corrected chi connectivity index (χ0v) is 12.8. The van der Waals surface area contributed by atoms with E-state index in [0.29, 0.717) is 0 Å². The van der Waals surface area contributed by atoms with E-state index >= 15 is 0 Å². The Labute approximate surface area is 114 Å². The van der Waals surface area contributed by atoms with E-state index in [2.05, 4.69) is 44.7 Å². The second-order valence-electron chi connectivity index (χ2n) is 6.07. The number of nitrogens with zero attached hydrogens (tertiary/aromatic N) is 2. The first-order valence-electron chi connectivity index (χ1n) is 6.76. The van der Waals surface area contributed by atoms with Crippen LogP contribution in [0.25, 0.3) is 0 Å². The highest BCUT2D eigenvalue weighted by atomic mass is 127. The molecule has 2 nitrogen and oxygen atoms in total. The third-order valence-corrected chi connectivity index (χ3v) is 4.80. The molecule has 2 atom stereocenters. The smallest absolute Gasteiger partial charge is 0.0201 e. The van der Waals surface area contributed by atoms with Crippen LogP contribution in [0.2, 0.25) is 0 Å². The van der Waals surface area contributed by atoms with Gasteiger partial charge in [-0.2, -0.15) is 0 Å². The van der Waals surface area contributed by atoms with E-state index in [1.165, 1.54) is 52.0 Å². The first-order chi connectivity index (χ1) is 7.63. The van der Waals surface area contributed by atoms with Gasteiger partial charge in [-0.15, -0.1) is 0 Å². The molecule has 0 aromatic carbocycles. The lowest BCUT2D eigenvalue weighted by atomic mass is 9.97. The highest BCUT2D eigenvalue weighted by molar-refractivity contribution is 14.1. The van der Waals surface area contributed by atoms with Crippen molar-refractivity contribution in [2.24, 2.45) is 17.8 Å². The molecule has 3 heteroatoms. The molecule has 0 amide bonds. The fraction of sp³-hybridized carbons (Fsp3) is 1.00. The maximum atomic E-state index is 2.72. The van der Waals surface area contributed by atoms with Gasteiger partial charge in [-0.1, -0.05) is 13.8 Å². The van der Waals surface area contributed by atoms with Crippen molar-refractivity contribution < 1.29 is 0 Å². The van der Waals surface area contributed by atoms with Gasteiger partial charge in [-0.25, -0.2) is 3.11 Å². The van der Waals surface area contributed by atoms with Crippen LogP contribution in [0, 0.1) is 17.8 Å². The van der Waals surface area contributed by atoms with E-state index in [1.807, 2.05) is 0 Å². The topological polar surface area (TPSA) is 6.48 Å². The lowest BCUT2D eigenvalue weighted by Gasteiger charge is -2.20. The van der Waals surface area contributed by atoms with Gasteiger partial charge in [-0.3, -0.25) is 0 Å². The summed E-state index contributed by atoms with van der Waals surface area (Å²) in [7, 11) is 0. The minimum absolute atomic E-state index is 0.876. The summed E-state index contributed by atoms with van der Waals surface area (Å²) in [5, 5.41) is 0. The van der Waals surface area contributed by atoms with E-state index in [9.17, 15) is 0 Å². The Bertz CT molecular complexity index is 220. The predicted octanol–water partition coefficient (Wildman–Crippen LogP) is 3.03. The molecule has 94 valence electrons. The molecule has 0 saturated carbocycles. The van der Waals surface area contributed by atoms with Gasteiger partial charge in [0.15, 0.2) is 0 Å². The number of halogens is 1. The van der Waals surface area contributed by atoms with E-state index in [-0.39, 0.29) is 0 Å². The summed E-state index contributed by atoms with van der Waals surface area (Å²) in [6.45, 7) is 11.4. The van der Waals surface area contributed by atoms with Crippen molar-refractivity contribution in [2.45, 2.75) is 33.1 Å². The molecule has 0 aliphatic carbocycles. The Morgan fingerprint density at radius 3 is 2.50 bits per heavy atom. The third-order valence-electron chi connectivity index (χ3n) is 3.93. The van der Waals surface area contributed by atoms with Crippen LogP contribution in [0.3, 0.4) is 0 Å². The molecule has 2 rings (SSSR count). The fourth-order valence-electron chi connectivity index (χ4n) is 3.24. The molecule has 16 heavy (non-hydrogen) atoms. The third kappa shape index (κ3) is 3.84. The van der Waals surface area contributed by atoms with E-state index < -0.39 is 0 Å². The summed E-state index contributed by atoms with van der Waals surface area (Å²) < 4.78 is 2.45. The molecule has 0 N–H and O–H groups in total. The summed E-state index contributed by atoms with van der Waals surface area (Å²) in [6.07, 6.45) is 4.28. The predicted molar refractivity (Wildman–Crippen MR) is 77.7 cm³/mol. The van der Waals surface area contributed by atoms with Crippen molar-refractivity contribution >= 4 is 22.9 Å². The molecule has 2 saturated heterocycles. The van der Waals surface area contributed by atoms with Crippen LogP contribution in [0.4, 0.5) is 0 Å². The van der Waals surface area contributed by atoms with Gasteiger partial charge in [0.2, 0.25) is 0 Å². The molecule has 0 bridgehead atoms. The Hall–Kier alpha value is 0.650. The number of rotatable bonds is 4. The number of hydrogen-bond donors (Lipinski definition) is 0. The van der Waals surface area contributed by atoms with Crippen LogP contribution in [0.15, 0.2) is 0 Å². The van der Waals surface area contributed by atoms with Gasteiger partial charge in [-0.05, 0) is 43.6 Å². The Morgan fingerprint density at radius 1 is 1.12 bits per heavy atom. The maximum Gasteiger partial charge on any atom is 0.0201 e. The van der Waals surface area contributed by atoms with Crippen LogP contribution in [0.1, 0.15) is 33.1 Å². The number of likely N-dealkylation sites (tertiary alicyclic amines) is 1. The summed E-state index contributed by atoms with van der Waals surface area (Å²) in [6, 6.07) is 0. The fourth-order valence-corrected chi connectivity index (χ4v) is 4.07. The maximum absolute atomic E-state index is 2.72. The van der Waals surface area contributed by atoms with Crippen LogP contribution < -0.4 is 0 Å². The van der Waals surface area contributed by atoms with Crippen LogP contribution >= 0.6 is 22.9 Å². The SMILES string of the molecule is CC(C)CC1CCN(C[C@H]2CCN(I)C2)C1. The van der Waals surface area contributed by atoms with Gasteiger partial charge >= 0.3 is 0 Å². The molecule has 0 radical (unpaired) electrons. The highest BCUT2D eigenvalue weighted by Crippen LogP contribution is 2.26. The van der Waals surface area contributed by atoms with E-state index in [0.717, 1.165) is 17.8 Å². The zero-order chi connectivity index (χ0) is 11.5. The highest BCUT2D eigenvalue weighted by Gasteiger charge is 2.27. The second kappa shape index (κ2) is 6.01. The molecular weight excluding hydrogens is 311 g/mol. The summed E-state index contributed by atoms with van der Waals surface area (Å²) >= 11 is 2.47. The largest absolute Gasteiger partial charge is 0.303 e. The molecule has 0 aromatic rings. The van der Waals surface area contributed by atoms with Gasteiger partial charge < -0.3 is 4.90 Å². The van der Waals surface area contributed by atoms with E-state index in [4.69, 9.17) is 0 Å². The van der Waals surface area contributed by atoms with Gasteiger partial charge in [0.25, 0.3) is 0 Å². The van der Waals surface area contributed by atoms with Crippen molar-refractivity contribution in [1.82, 2.24) is 8.01 Å². The molecule has 1 unspecified atom stereocenters. The van der Waals surface area contributed by atoms with Crippen LogP contribution in [0.5, 0.6) is 0 Å². The average molecular weight is 336 g/mol. The van der Waals surface area contributed by atoms with Crippen molar-refractivity contribution in [3.63, 3.8) is 0 Å². The Balaban J connectivity index is 1.68. The molecule has 2 heterocycles. The minimum Gasteiger partial charge on any atom is -0.303 e.